The summed E-state index contributed by atoms with van der Waals surface area (Å²) in [7, 11) is 0. The minimum absolute atomic E-state index is 0.0608. The summed E-state index contributed by atoms with van der Waals surface area (Å²) in [5, 5.41) is 5.34. The van der Waals surface area contributed by atoms with E-state index in [0.717, 1.165) is 11.6 Å². The third kappa shape index (κ3) is 4.36. The minimum atomic E-state index is -0.659. The van der Waals surface area contributed by atoms with Crippen LogP contribution in [0.1, 0.15) is 31.8 Å². The molecule has 0 unspecified atom stereocenters. The fourth-order valence-electron chi connectivity index (χ4n) is 3.11. The topological polar surface area (TPSA) is 88.2 Å². The molecule has 2 amide bonds. The van der Waals surface area contributed by atoms with Crippen molar-refractivity contribution < 1.29 is 18.8 Å². The molecular formula is C23H15ClFN3O3. The first kappa shape index (κ1) is 20.4. The molecule has 0 radical (unpaired) electrons. The van der Waals surface area contributed by atoms with Crippen molar-refractivity contribution in [3.63, 3.8) is 0 Å². The second-order valence-corrected chi connectivity index (χ2v) is 7.22. The molecule has 3 aromatic rings. The van der Waals surface area contributed by atoms with E-state index < -0.39 is 17.5 Å². The van der Waals surface area contributed by atoms with Crippen LogP contribution in [-0.2, 0) is 11.3 Å². The number of hydrogen-bond donors (Lipinski definition) is 2. The van der Waals surface area contributed by atoms with Gasteiger partial charge >= 0.3 is 0 Å². The van der Waals surface area contributed by atoms with Gasteiger partial charge in [0.25, 0.3) is 11.8 Å². The van der Waals surface area contributed by atoms with Crippen LogP contribution in [-0.4, -0.2) is 22.6 Å². The third-order valence-corrected chi connectivity index (χ3v) is 5.03. The van der Waals surface area contributed by atoms with Crippen molar-refractivity contribution in [3.05, 3.63) is 99.6 Å². The lowest BCUT2D eigenvalue weighted by Crippen LogP contribution is -2.28. The highest BCUT2D eigenvalue weighted by atomic mass is 35.5. The number of rotatable bonds is 4. The average molecular weight is 436 g/mol. The van der Waals surface area contributed by atoms with E-state index >= 15 is 0 Å². The van der Waals surface area contributed by atoms with Gasteiger partial charge in [0.2, 0.25) is 5.78 Å². The van der Waals surface area contributed by atoms with Gasteiger partial charge in [-0.15, -0.1) is 0 Å². The monoisotopic (exact) mass is 435 g/mol. The maximum Gasteiger partial charge on any atom is 0.259 e. The number of carbonyl (C=O) groups excluding carboxylic acids is 3. The molecule has 0 atom stereocenters. The number of fused-ring (bicyclic) bond motifs is 1. The number of halogens is 2. The van der Waals surface area contributed by atoms with Gasteiger partial charge in [-0.2, -0.15) is 0 Å². The third-order valence-electron chi connectivity index (χ3n) is 4.72. The highest BCUT2D eigenvalue weighted by Crippen LogP contribution is 2.28. The van der Waals surface area contributed by atoms with E-state index in [1.807, 2.05) is 0 Å². The SMILES string of the molecule is O=C1Nc2ccc(C(=O)NCc3ccncc3)cc2C(=O)C1=Cc1ccc(Cl)c(F)c1. The van der Waals surface area contributed by atoms with Gasteiger partial charge in [0.05, 0.1) is 16.3 Å². The quantitative estimate of drug-likeness (QED) is 0.478. The normalized spacial score (nSPS) is 14.2. The molecule has 0 bridgehead atoms. The summed E-state index contributed by atoms with van der Waals surface area (Å²) in [5.74, 6) is -2.19. The number of benzene rings is 2. The van der Waals surface area contributed by atoms with Crippen molar-refractivity contribution in [2.75, 3.05) is 5.32 Å². The number of amides is 2. The number of pyridine rings is 1. The molecular weight excluding hydrogens is 421 g/mol. The standard InChI is InChI=1S/C23H15ClFN3O3/c24-18-3-1-14(10-19(18)25)9-17-21(29)16-11-15(2-4-20(16)28-23(17)31)22(30)27-12-13-5-7-26-8-6-13/h1-11H,12H2,(H,27,30)(H,28,31). The van der Waals surface area contributed by atoms with Gasteiger partial charge in [-0.25, -0.2) is 4.39 Å². The minimum Gasteiger partial charge on any atom is -0.348 e. The number of carbonyl (C=O) groups is 3. The van der Waals surface area contributed by atoms with Crippen LogP contribution in [0.5, 0.6) is 0 Å². The maximum atomic E-state index is 13.7. The van der Waals surface area contributed by atoms with Crippen molar-refractivity contribution in [1.82, 2.24) is 10.3 Å². The van der Waals surface area contributed by atoms with E-state index in [4.69, 9.17) is 11.6 Å². The highest BCUT2D eigenvalue weighted by Gasteiger charge is 2.29. The average Bonchev–Trinajstić information content (AvgIpc) is 2.78. The molecule has 8 heteroatoms. The summed E-state index contributed by atoms with van der Waals surface area (Å²) in [6.45, 7) is 0.302. The Hall–Kier alpha value is -3.84. The second kappa shape index (κ2) is 8.49. The molecule has 0 aliphatic carbocycles. The van der Waals surface area contributed by atoms with Gasteiger partial charge in [0, 0.05) is 30.1 Å². The van der Waals surface area contributed by atoms with Crippen LogP contribution < -0.4 is 10.6 Å². The van der Waals surface area contributed by atoms with Crippen LogP contribution in [0.3, 0.4) is 0 Å². The Morgan fingerprint density at radius 3 is 2.61 bits per heavy atom. The molecule has 0 saturated heterocycles. The predicted molar refractivity (Wildman–Crippen MR) is 114 cm³/mol. The molecule has 31 heavy (non-hydrogen) atoms. The summed E-state index contributed by atoms with van der Waals surface area (Å²) < 4.78 is 13.7. The van der Waals surface area contributed by atoms with E-state index in [1.54, 1.807) is 24.5 Å². The molecule has 4 rings (SSSR count). The molecule has 0 fully saturated rings. The van der Waals surface area contributed by atoms with Crippen LogP contribution in [0.4, 0.5) is 10.1 Å². The second-order valence-electron chi connectivity index (χ2n) is 6.81. The van der Waals surface area contributed by atoms with Gasteiger partial charge in [0.1, 0.15) is 5.82 Å². The highest BCUT2D eigenvalue weighted by molar-refractivity contribution is 6.36. The Labute approximate surface area is 181 Å². The molecule has 1 aliphatic rings. The fourth-order valence-corrected chi connectivity index (χ4v) is 3.22. The number of ketones is 1. The van der Waals surface area contributed by atoms with Crippen molar-refractivity contribution in [2.45, 2.75) is 6.54 Å². The van der Waals surface area contributed by atoms with Crippen LogP contribution in [0.2, 0.25) is 5.02 Å². The van der Waals surface area contributed by atoms with E-state index in [-0.39, 0.29) is 27.6 Å². The molecule has 2 heterocycles. The van der Waals surface area contributed by atoms with Crippen molar-refractivity contribution in [2.24, 2.45) is 0 Å². The summed E-state index contributed by atoms with van der Waals surface area (Å²) >= 11 is 5.68. The molecule has 0 spiro atoms. The smallest absolute Gasteiger partial charge is 0.259 e. The lowest BCUT2D eigenvalue weighted by Gasteiger charge is -2.19. The zero-order chi connectivity index (χ0) is 22.0. The summed E-state index contributed by atoms with van der Waals surface area (Å²) in [6.07, 6.45) is 4.54. The summed E-state index contributed by atoms with van der Waals surface area (Å²) in [6, 6.07) is 12.0. The number of aromatic nitrogens is 1. The Morgan fingerprint density at radius 1 is 1.10 bits per heavy atom. The largest absolute Gasteiger partial charge is 0.348 e. The molecule has 1 aliphatic heterocycles. The zero-order valence-corrected chi connectivity index (χ0v) is 16.7. The first-order chi connectivity index (χ1) is 14.9. The molecule has 6 nitrogen and oxygen atoms in total. The maximum absolute atomic E-state index is 13.7. The lowest BCUT2D eigenvalue weighted by molar-refractivity contribution is -0.112. The fraction of sp³-hybridized carbons (Fsp3) is 0.0435. The summed E-state index contributed by atoms with van der Waals surface area (Å²) in [5.41, 5.74) is 1.79. The number of nitrogens with zero attached hydrogens (tertiary/aromatic N) is 1. The molecule has 2 N–H and O–H groups in total. The van der Waals surface area contributed by atoms with Crippen molar-refractivity contribution >= 4 is 41.0 Å². The Bertz CT molecular complexity index is 1240. The molecule has 1 aromatic heterocycles. The van der Waals surface area contributed by atoms with Gasteiger partial charge in [-0.1, -0.05) is 17.7 Å². The lowest BCUT2D eigenvalue weighted by atomic mass is 9.93. The number of Topliss-reactive ketones (excluding diaryl/α,β-unsaturated/α-hetero) is 1. The Balaban J connectivity index is 1.59. The first-order valence-corrected chi connectivity index (χ1v) is 9.64. The number of nitrogens with one attached hydrogen (secondary N) is 2. The van der Waals surface area contributed by atoms with Crippen LogP contribution >= 0.6 is 11.6 Å². The van der Waals surface area contributed by atoms with E-state index in [0.29, 0.717) is 17.8 Å². The predicted octanol–water partition coefficient (Wildman–Crippen LogP) is 4.02. The van der Waals surface area contributed by atoms with E-state index in [9.17, 15) is 18.8 Å². The van der Waals surface area contributed by atoms with Gasteiger partial charge in [-0.3, -0.25) is 19.4 Å². The van der Waals surface area contributed by atoms with Crippen LogP contribution in [0.15, 0.2) is 66.5 Å². The van der Waals surface area contributed by atoms with Crippen LogP contribution in [0, 0.1) is 5.82 Å². The van der Waals surface area contributed by atoms with Gasteiger partial charge in [-0.05, 0) is 59.7 Å². The van der Waals surface area contributed by atoms with Crippen molar-refractivity contribution in [3.8, 4) is 0 Å². The molecule has 2 aromatic carbocycles. The van der Waals surface area contributed by atoms with Crippen molar-refractivity contribution in [1.29, 1.82) is 0 Å². The zero-order valence-electron chi connectivity index (χ0n) is 16.0. The number of hydrogen-bond acceptors (Lipinski definition) is 4. The van der Waals surface area contributed by atoms with Gasteiger partial charge < -0.3 is 10.6 Å². The number of anilines is 1. The molecule has 154 valence electrons. The Kier molecular flexibility index (Phi) is 5.60. The van der Waals surface area contributed by atoms with Crippen LogP contribution in [0.25, 0.3) is 6.08 Å². The summed E-state index contributed by atoms with van der Waals surface area (Å²) in [4.78, 5) is 41.8. The van der Waals surface area contributed by atoms with Gasteiger partial charge in [0.15, 0.2) is 0 Å². The Morgan fingerprint density at radius 2 is 1.87 bits per heavy atom. The van der Waals surface area contributed by atoms with E-state index in [2.05, 4.69) is 15.6 Å². The van der Waals surface area contributed by atoms with E-state index in [1.165, 1.54) is 36.4 Å². The first-order valence-electron chi connectivity index (χ1n) is 9.26. The molecule has 0 saturated carbocycles.